The molecule has 9 atom stereocenters. The second-order valence-electron chi connectivity index (χ2n) is 26.7. The summed E-state index contributed by atoms with van der Waals surface area (Å²) < 4.78 is 29.3. The van der Waals surface area contributed by atoms with Crippen molar-refractivity contribution in [1.82, 2.24) is 0 Å². The van der Waals surface area contributed by atoms with E-state index in [-0.39, 0.29) is 42.3 Å². The van der Waals surface area contributed by atoms with Crippen LogP contribution in [0.4, 0.5) is 0 Å². The molecule has 0 saturated heterocycles. The predicted octanol–water partition coefficient (Wildman–Crippen LogP) is 19.1. The highest BCUT2D eigenvalue weighted by molar-refractivity contribution is 5.77. The molecular formula is C76H102N2O8. The van der Waals surface area contributed by atoms with E-state index in [2.05, 4.69) is 57.2 Å². The average Bonchev–Trinajstić information content (AvgIpc) is 1.36. The van der Waals surface area contributed by atoms with Gasteiger partial charge in [0.05, 0.1) is 62.5 Å². The molecule has 0 aliphatic heterocycles. The Morgan fingerprint density at radius 2 is 0.872 bits per heavy atom. The summed E-state index contributed by atoms with van der Waals surface area (Å²) in [6, 6.07) is 35.9. The van der Waals surface area contributed by atoms with Crippen molar-refractivity contribution >= 4 is 17.9 Å². The van der Waals surface area contributed by atoms with Gasteiger partial charge < -0.3 is 23.7 Å². The molecule has 86 heavy (non-hydrogen) atoms. The van der Waals surface area contributed by atoms with E-state index in [1.165, 1.54) is 103 Å². The molecule has 4 aromatic carbocycles. The number of nitrogens with zero attached hydrogens (tertiary/aromatic N) is 2. The fraction of sp³-hybridized carbons (Fsp3) is 0.618. The third-order valence-electron chi connectivity index (χ3n) is 21.1. The molecule has 4 fully saturated rings. The fourth-order valence-electron chi connectivity index (χ4n) is 16.0. The number of carbonyl (C=O) groups excluding carboxylic acids is 3. The zero-order chi connectivity index (χ0) is 60.4. The Labute approximate surface area is 516 Å². The van der Waals surface area contributed by atoms with Gasteiger partial charge in [-0.25, -0.2) is 0 Å². The first-order valence-electron chi connectivity index (χ1n) is 33.9. The molecule has 0 unspecified atom stereocenters. The van der Waals surface area contributed by atoms with Crippen LogP contribution >= 0.6 is 0 Å². The van der Waals surface area contributed by atoms with Gasteiger partial charge in [0.2, 0.25) is 0 Å². The first-order valence-corrected chi connectivity index (χ1v) is 33.9. The number of ether oxygens (including phenoxy) is 5. The third-order valence-corrected chi connectivity index (χ3v) is 21.1. The van der Waals surface area contributed by atoms with Gasteiger partial charge in [-0.3, -0.25) is 14.4 Å². The van der Waals surface area contributed by atoms with E-state index in [1.807, 2.05) is 72.8 Å². The number of esters is 3. The summed E-state index contributed by atoms with van der Waals surface area (Å²) in [7, 11) is 0. The van der Waals surface area contributed by atoms with Gasteiger partial charge in [0, 0.05) is 6.42 Å². The molecule has 4 aliphatic rings. The summed E-state index contributed by atoms with van der Waals surface area (Å²) in [5.74, 6) is 5.19. The van der Waals surface area contributed by atoms with Crippen molar-refractivity contribution in [2.75, 3.05) is 26.4 Å². The van der Waals surface area contributed by atoms with Crippen molar-refractivity contribution in [2.45, 2.75) is 226 Å². The van der Waals surface area contributed by atoms with E-state index in [0.29, 0.717) is 53.9 Å². The summed E-state index contributed by atoms with van der Waals surface area (Å²) in [6.45, 7) is 10.00. The van der Waals surface area contributed by atoms with E-state index in [4.69, 9.17) is 34.2 Å². The van der Waals surface area contributed by atoms with Crippen LogP contribution in [0.2, 0.25) is 0 Å². The van der Waals surface area contributed by atoms with Crippen LogP contribution in [-0.4, -0.2) is 50.4 Å². The van der Waals surface area contributed by atoms with E-state index in [1.54, 1.807) is 0 Å². The topological polar surface area (TPSA) is 145 Å². The monoisotopic (exact) mass is 1170 g/mol. The molecular weight excluding hydrogens is 1070 g/mol. The van der Waals surface area contributed by atoms with E-state index in [0.717, 1.165) is 142 Å². The smallest absolute Gasteiger partial charge is 0.306 e. The number of benzene rings is 4. The van der Waals surface area contributed by atoms with Gasteiger partial charge in [-0.2, -0.15) is 10.5 Å². The average molecular weight is 1170 g/mol. The van der Waals surface area contributed by atoms with Crippen molar-refractivity contribution in [3.05, 3.63) is 108 Å². The number of hydrogen-bond acceptors (Lipinski definition) is 10. The maximum Gasteiger partial charge on any atom is 0.306 e. The highest BCUT2D eigenvalue weighted by atomic mass is 16.5. The summed E-state index contributed by atoms with van der Waals surface area (Å²) >= 11 is 0. The van der Waals surface area contributed by atoms with Crippen LogP contribution in [0.25, 0.3) is 22.3 Å². The fourth-order valence-corrected chi connectivity index (χ4v) is 16.0. The van der Waals surface area contributed by atoms with Crippen LogP contribution in [0, 0.1) is 69.0 Å². The SMILES string of the molecule is C[C@H](CCC(=O)OCCCCCCCCCCCOc1ccc(-c2ccc(C#N)cc2)cc1)[C@H]1CC[C@H]2[C@@H]3CC[C@@H]4C[C@@H](OC(=O)CCC(=O)OCCCCCCCCCCCOc5ccc(-c6ccc(C#N)cc6)cc5)CC[C@]4(C)[C@H]3CC[C@]12C. The van der Waals surface area contributed by atoms with Crippen LogP contribution in [0.5, 0.6) is 11.5 Å². The summed E-state index contributed by atoms with van der Waals surface area (Å²) in [5, 5.41) is 18.1. The van der Waals surface area contributed by atoms with Crippen LogP contribution in [0.1, 0.15) is 231 Å². The molecule has 10 nitrogen and oxygen atoms in total. The Morgan fingerprint density at radius 3 is 1.35 bits per heavy atom. The minimum Gasteiger partial charge on any atom is -0.494 e. The lowest BCUT2D eigenvalue weighted by Gasteiger charge is -2.61. The molecule has 4 aliphatic carbocycles. The summed E-state index contributed by atoms with van der Waals surface area (Å²) in [5.41, 5.74) is 6.37. The lowest BCUT2D eigenvalue weighted by molar-refractivity contribution is -0.164. The van der Waals surface area contributed by atoms with Crippen LogP contribution in [0.3, 0.4) is 0 Å². The molecule has 464 valence electrons. The van der Waals surface area contributed by atoms with Crippen molar-refractivity contribution < 1.29 is 38.1 Å². The summed E-state index contributed by atoms with van der Waals surface area (Å²) in [4.78, 5) is 38.5. The Morgan fingerprint density at radius 1 is 0.465 bits per heavy atom. The third kappa shape index (κ3) is 19.4. The molecule has 0 amide bonds. The van der Waals surface area contributed by atoms with Gasteiger partial charge in [0.25, 0.3) is 0 Å². The van der Waals surface area contributed by atoms with Crippen LogP contribution < -0.4 is 9.47 Å². The Balaban J connectivity index is 0.592. The number of unbranched alkanes of at least 4 members (excludes halogenated alkanes) is 16. The number of hydrogen-bond donors (Lipinski definition) is 0. The molecule has 10 heteroatoms. The predicted molar refractivity (Wildman–Crippen MR) is 342 cm³/mol. The van der Waals surface area contributed by atoms with Crippen molar-refractivity contribution in [3.63, 3.8) is 0 Å². The molecule has 0 N–H and O–H groups in total. The summed E-state index contributed by atoms with van der Waals surface area (Å²) in [6.07, 6.45) is 32.8. The molecule has 0 radical (unpaired) electrons. The maximum absolute atomic E-state index is 13.0. The first kappa shape index (κ1) is 65.8. The standard InChI is InChI=1S/C76H102N2O8/c1-57(22-43-72(79)84-52-20-16-12-8-4-6-10-14-18-50-82-65-36-31-62(32-37-65)60-27-23-58(55-77)24-28-60)69-41-42-70-68-40-35-64-54-67(46-48-75(64,2)71(68)47-49-76(69,70)3)86-74(81)45-44-73(80)85-53-21-17-13-9-5-7-11-15-19-51-83-66-38-33-63(34-39-66)61-29-25-59(56-78)26-30-61/h23-34,36-39,57,64,67-71H,4-22,35,40-54H2,1-3H3/t57-,64-,67+,68+,69-,70+,71+,75+,76-/m1/s1. The van der Waals surface area contributed by atoms with E-state index >= 15 is 0 Å². The normalized spacial score (nSPS) is 23.3. The molecule has 0 aromatic heterocycles. The minimum absolute atomic E-state index is 0.0214. The van der Waals surface area contributed by atoms with Crippen LogP contribution in [-0.2, 0) is 28.6 Å². The van der Waals surface area contributed by atoms with Crippen molar-refractivity contribution in [2.24, 2.45) is 46.3 Å². The number of fused-ring (bicyclic) bond motifs is 5. The van der Waals surface area contributed by atoms with Crippen molar-refractivity contribution in [1.29, 1.82) is 10.5 Å². The van der Waals surface area contributed by atoms with Gasteiger partial charge >= 0.3 is 17.9 Å². The molecule has 4 saturated carbocycles. The van der Waals surface area contributed by atoms with Crippen molar-refractivity contribution in [3.8, 4) is 45.9 Å². The Hall–Kier alpha value is -6.13. The zero-order valence-corrected chi connectivity index (χ0v) is 52.7. The highest BCUT2D eigenvalue weighted by Gasteiger charge is 2.60. The maximum atomic E-state index is 13.0. The van der Waals surface area contributed by atoms with Gasteiger partial charge in [-0.05, 0) is 207 Å². The number of rotatable bonds is 36. The lowest BCUT2D eigenvalue weighted by atomic mass is 9.44. The van der Waals surface area contributed by atoms with Gasteiger partial charge in [-0.15, -0.1) is 0 Å². The number of nitriles is 2. The first-order chi connectivity index (χ1) is 41.9. The number of carbonyl (C=O) groups is 3. The molecule has 0 spiro atoms. The minimum atomic E-state index is -0.302. The van der Waals surface area contributed by atoms with E-state index < -0.39 is 0 Å². The molecule has 0 bridgehead atoms. The zero-order valence-electron chi connectivity index (χ0n) is 52.7. The lowest BCUT2D eigenvalue weighted by Crippen LogP contribution is -2.54. The van der Waals surface area contributed by atoms with Crippen LogP contribution in [0.15, 0.2) is 97.1 Å². The Kier molecular flexibility index (Phi) is 26.4. The Bertz CT molecular complexity index is 2760. The largest absolute Gasteiger partial charge is 0.494 e. The van der Waals surface area contributed by atoms with E-state index in [9.17, 15) is 14.4 Å². The second kappa shape index (κ2) is 34.4. The molecule has 0 heterocycles. The second-order valence-corrected chi connectivity index (χ2v) is 26.7. The van der Waals surface area contributed by atoms with Gasteiger partial charge in [0.15, 0.2) is 0 Å². The highest BCUT2D eigenvalue weighted by Crippen LogP contribution is 2.68. The molecule has 8 rings (SSSR count). The quantitative estimate of drug-likeness (QED) is 0.0245. The van der Waals surface area contributed by atoms with Gasteiger partial charge in [-0.1, -0.05) is 159 Å². The van der Waals surface area contributed by atoms with Gasteiger partial charge in [0.1, 0.15) is 17.6 Å². The molecule has 4 aromatic rings.